The normalized spacial score (nSPS) is 13.1. The molecule has 4 heterocycles. The molecule has 0 saturated heterocycles. The smallest absolute Gasteiger partial charge is 0.256 e. The zero-order valence-corrected chi connectivity index (χ0v) is 46.5. The first kappa shape index (κ1) is 47.9. The van der Waals surface area contributed by atoms with Gasteiger partial charge in [0.05, 0.1) is 11.4 Å². The van der Waals surface area contributed by atoms with Gasteiger partial charge in [-0.15, -0.1) is 0 Å². The van der Waals surface area contributed by atoms with Gasteiger partial charge < -0.3 is 19.3 Å². The van der Waals surface area contributed by atoms with E-state index in [1.165, 1.54) is 100.0 Å². The van der Waals surface area contributed by atoms with Gasteiger partial charge in [0.2, 0.25) is 0 Å². The molecule has 80 heavy (non-hydrogen) atoms. The highest BCUT2D eigenvalue weighted by atomic mass is 16.5. The molecule has 11 aromatic rings. The minimum absolute atomic E-state index is 0.164. The van der Waals surface area contributed by atoms with E-state index in [2.05, 4.69) is 271 Å². The highest BCUT2D eigenvalue weighted by Crippen LogP contribution is 2.50. The maximum Gasteiger partial charge on any atom is 0.256 e. The average Bonchev–Trinajstić information content (AvgIpc) is 1.97. The third kappa shape index (κ3) is 7.24. The lowest BCUT2D eigenvalue weighted by Gasteiger charge is -2.44. The zero-order chi connectivity index (χ0) is 54.2. The van der Waals surface area contributed by atoms with Gasteiger partial charge in [-0.05, 0) is 214 Å². The largest absolute Gasteiger partial charge is 0.458 e. The van der Waals surface area contributed by atoms with Crippen molar-refractivity contribution < 1.29 is 9.47 Å². The number of hydrogen-bond donors (Lipinski definition) is 0. The molecule has 0 fully saturated rings. The van der Waals surface area contributed by atoms with Crippen molar-refractivity contribution in [3.05, 3.63) is 251 Å². The van der Waals surface area contributed by atoms with Crippen LogP contribution in [0.2, 0.25) is 0 Å². The van der Waals surface area contributed by atoms with Crippen LogP contribution in [0, 0.1) is 55.4 Å². The van der Waals surface area contributed by atoms with Gasteiger partial charge in [-0.25, -0.2) is 0 Å². The number of ether oxygens (including phenoxy) is 2. The molecule has 382 valence electrons. The maximum atomic E-state index is 7.70. The average molecular weight is 1030 g/mol. The van der Waals surface area contributed by atoms with Crippen LogP contribution >= 0.6 is 0 Å². The molecule has 0 bridgehead atoms. The first-order valence-corrected chi connectivity index (χ1v) is 28.1. The second-order valence-corrected chi connectivity index (χ2v) is 22.8. The van der Waals surface area contributed by atoms with E-state index >= 15 is 0 Å². The third-order valence-corrected chi connectivity index (χ3v) is 17.7. The Kier molecular flexibility index (Phi) is 10.9. The molecule has 0 aliphatic carbocycles. The molecule has 15 rings (SSSR count). The van der Waals surface area contributed by atoms with E-state index in [1.807, 2.05) is 0 Å². The van der Waals surface area contributed by atoms with Crippen LogP contribution in [0.4, 0.5) is 34.1 Å². The Balaban J connectivity index is 1.05. The van der Waals surface area contributed by atoms with Gasteiger partial charge in [-0.2, -0.15) is 0 Å². The molecule has 0 amide bonds. The summed E-state index contributed by atoms with van der Waals surface area (Å²) in [6.07, 6.45) is 0. The predicted octanol–water partition coefficient (Wildman–Crippen LogP) is 15.6. The topological polar surface area (TPSA) is 24.9 Å². The van der Waals surface area contributed by atoms with Gasteiger partial charge in [-0.3, -0.25) is 0 Å². The zero-order valence-electron chi connectivity index (χ0n) is 46.5. The quantitative estimate of drug-likeness (QED) is 0.155. The van der Waals surface area contributed by atoms with E-state index in [0.29, 0.717) is 0 Å². The standard InChI is InChI=1S/C74H58B2N2O2/c1-43-19-15-20-44(2)69(43)55-36-63-71-67(39-55)80-66-42-62-59(41-60(66)75(71)57-33-31-53(51-27-11-9-12-28-51)35-61(57)77(63)73-47(5)23-17-24-48(73)6)76-58-34-32-54(52-29-13-10-14-30-52)38-65(58)79-68-40-56(70-45(3)21-16-22-46(70)4)37-64(72(68)76)78(62)74-49(7)25-18-26-50(74)8/h9-42H,1-8H3. The predicted molar refractivity (Wildman–Crippen MR) is 338 cm³/mol. The number of fused-ring (bicyclic) bond motifs is 8. The Morgan fingerprint density at radius 2 is 0.637 bits per heavy atom. The number of hydrogen-bond acceptors (Lipinski definition) is 4. The Hall–Kier alpha value is -9.25. The highest BCUT2D eigenvalue weighted by Gasteiger charge is 2.48. The van der Waals surface area contributed by atoms with Gasteiger partial charge >= 0.3 is 0 Å². The number of benzene rings is 11. The monoisotopic (exact) mass is 1030 g/mol. The Morgan fingerprint density at radius 3 is 1.11 bits per heavy atom. The first-order chi connectivity index (χ1) is 39.0. The number of anilines is 6. The fraction of sp³-hybridized carbons (Fsp3) is 0.108. The van der Waals surface area contributed by atoms with Crippen LogP contribution in [0.5, 0.6) is 23.0 Å². The number of nitrogens with zero attached hydrogens (tertiary/aromatic N) is 2. The number of aryl methyl sites for hydroxylation is 8. The lowest BCUT2D eigenvalue weighted by atomic mass is 9.31. The molecule has 0 aromatic heterocycles. The van der Waals surface area contributed by atoms with E-state index in [9.17, 15) is 0 Å². The SMILES string of the molecule is Cc1cccc(C)c1-c1cc2c3c(c1)N(c1c(C)cccc1C)c1cc(-c4ccccc4)ccc1B3c1cc3c(cc1O2)N(c1c(C)cccc1C)c1cc(-c2c(C)cccc2C)cc2c1B3c1ccc(-c3ccccc3)cc1O2. The molecule has 4 aliphatic rings. The fourth-order valence-corrected chi connectivity index (χ4v) is 14.2. The fourth-order valence-electron chi connectivity index (χ4n) is 14.2. The van der Waals surface area contributed by atoms with Crippen molar-refractivity contribution in [1.29, 1.82) is 0 Å². The van der Waals surface area contributed by atoms with E-state index in [0.717, 1.165) is 78.9 Å². The van der Waals surface area contributed by atoms with Crippen LogP contribution in [-0.4, -0.2) is 13.4 Å². The molecule has 0 unspecified atom stereocenters. The van der Waals surface area contributed by atoms with E-state index < -0.39 is 0 Å². The molecule has 0 N–H and O–H groups in total. The Labute approximate surface area is 470 Å². The summed E-state index contributed by atoms with van der Waals surface area (Å²) in [5.74, 6) is 3.50. The van der Waals surface area contributed by atoms with Gasteiger partial charge in [0.25, 0.3) is 13.4 Å². The summed E-state index contributed by atoms with van der Waals surface area (Å²) < 4.78 is 15.1. The van der Waals surface area contributed by atoms with Crippen LogP contribution in [0.25, 0.3) is 44.5 Å². The minimum atomic E-state index is -0.165. The van der Waals surface area contributed by atoms with Crippen LogP contribution in [0.1, 0.15) is 44.5 Å². The van der Waals surface area contributed by atoms with Gasteiger partial charge in [0, 0.05) is 28.8 Å². The molecule has 6 heteroatoms. The van der Waals surface area contributed by atoms with Crippen molar-refractivity contribution in [3.63, 3.8) is 0 Å². The van der Waals surface area contributed by atoms with E-state index in [1.54, 1.807) is 0 Å². The summed E-state index contributed by atoms with van der Waals surface area (Å²) in [5, 5.41) is 0. The molecule has 0 radical (unpaired) electrons. The van der Waals surface area contributed by atoms with Crippen molar-refractivity contribution >= 4 is 80.3 Å². The van der Waals surface area contributed by atoms with Gasteiger partial charge in [0.1, 0.15) is 23.0 Å². The van der Waals surface area contributed by atoms with Crippen molar-refractivity contribution in [3.8, 4) is 67.5 Å². The van der Waals surface area contributed by atoms with Gasteiger partial charge in [0.15, 0.2) is 0 Å². The molecule has 0 saturated carbocycles. The minimum Gasteiger partial charge on any atom is -0.458 e. The summed E-state index contributed by atoms with van der Waals surface area (Å²) in [6.45, 7) is 17.6. The van der Waals surface area contributed by atoms with Crippen LogP contribution in [0.3, 0.4) is 0 Å². The van der Waals surface area contributed by atoms with Crippen molar-refractivity contribution in [2.75, 3.05) is 9.80 Å². The number of para-hydroxylation sites is 2. The Morgan fingerprint density at radius 1 is 0.263 bits per heavy atom. The summed E-state index contributed by atoms with van der Waals surface area (Å²) in [6, 6.07) is 76.6. The van der Waals surface area contributed by atoms with E-state index in [4.69, 9.17) is 9.47 Å². The number of rotatable bonds is 6. The summed E-state index contributed by atoms with van der Waals surface area (Å²) in [7, 11) is 0. The second kappa shape index (κ2) is 18.2. The summed E-state index contributed by atoms with van der Waals surface area (Å²) >= 11 is 0. The summed E-state index contributed by atoms with van der Waals surface area (Å²) in [4.78, 5) is 5.10. The molecular formula is C74H58B2N2O2. The van der Waals surface area contributed by atoms with Crippen molar-refractivity contribution in [2.24, 2.45) is 0 Å². The molecule has 4 aliphatic heterocycles. The van der Waals surface area contributed by atoms with Crippen LogP contribution in [0.15, 0.2) is 206 Å². The second-order valence-electron chi connectivity index (χ2n) is 22.8. The lowest BCUT2D eigenvalue weighted by Crippen LogP contribution is -2.63. The van der Waals surface area contributed by atoms with Crippen molar-refractivity contribution in [1.82, 2.24) is 0 Å². The lowest BCUT2D eigenvalue weighted by molar-refractivity contribution is 0.487. The van der Waals surface area contributed by atoms with Gasteiger partial charge in [-0.1, -0.05) is 164 Å². The molecule has 11 aromatic carbocycles. The molecule has 0 atom stereocenters. The van der Waals surface area contributed by atoms with Crippen LogP contribution < -0.4 is 52.1 Å². The molecular weight excluding hydrogens is 970 g/mol. The van der Waals surface area contributed by atoms with Crippen LogP contribution in [-0.2, 0) is 0 Å². The highest BCUT2D eigenvalue weighted by molar-refractivity contribution is 7.02. The Bertz CT molecular complexity index is 4350. The van der Waals surface area contributed by atoms with Crippen molar-refractivity contribution in [2.45, 2.75) is 55.4 Å². The first-order valence-electron chi connectivity index (χ1n) is 28.1. The third-order valence-electron chi connectivity index (χ3n) is 17.7. The molecule has 0 spiro atoms. The molecule has 4 nitrogen and oxygen atoms in total. The maximum absolute atomic E-state index is 7.70. The summed E-state index contributed by atoms with van der Waals surface area (Å²) in [5.41, 5.74) is 33.1. The van der Waals surface area contributed by atoms with E-state index in [-0.39, 0.29) is 13.4 Å².